The number of nitrogens with one attached hydrogen (secondary N) is 2. The lowest BCUT2D eigenvalue weighted by molar-refractivity contribution is 0.256. The van der Waals surface area contributed by atoms with Crippen molar-refractivity contribution < 1.29 is 0 Å². The molecular weight excluding hydrogens is 527 g/mol. The smallest absolute Gasteiger partial charge is 0.178 e. The molecule has 12 heteroatoms. The molecule has 35 heavy (non-hydrogen) atoms. The van der Waals surface area contributed by atoms with Crippen LogP contribution in [0.1, 0.15) is 13.3 Å². The van der Waals surface area contributed by atoms with Crippen LogP contribution in [-0.2, 0) is 6.54 Å². The molecule has 0 aliphatic carbocycles. The summed E-state index contributed by atoms with van der Waals surface area (Å²) in [5.41, 5.74) is 3.03. The van der Waals surface area contributed by atoms with E-state index in [0.29, 0.717) is 0 Å². The summed E-state index contributed by atoms with van der Waals surface area (Å²) in [5.74, 6) is 1.95. The van der Waals surface area contributed by atoms with E-state index in [1.807, 2.05) is 12.3 Å². The summed E-state index contributed by atoms with van der Waals surface area (Å²) < 4.78 is 2.83. The fourth-order valence-corrected chi connectivity index (χ4v) is 4.75. The number of hydrogen-bond donors (Lipinski definition) is 2. The molecule has 190 valence electrons. The number of H-pyrrole nitrogens is 1. The summed E-state index contributed by atoms with van der Waals surface area (Å²) in [7, 11) is 0. The van der Waals surface area contributed by atoms with Gasteiger partial charge in [0, 0.05) is 50.9 Å². The highest BCUT2D eigenvalue weighted by Gasteiger charge is 2.17. The van der Waals surface area contributed by atoms with E-state index in [1.165, 1.54) is 0 Å². The molecule has 1 aliphatic heterocycles. The number of aryl methyl sites for hydroxylation is 1. The predicted molar refractivity (Wildman–Crippen MR) is 154 cm³/mol. The molecule has 5 rings (SSSR count). The van der Waals surface area contributed by atoms with E-state index in [-0.39, 0.29) is 37.2 Å². The van der Waals surface area contributed by atoms with Gasteiger partial charge in [0.05, 0.1) is 16.6 Å². The van der Waals surface area contributed by atoms with Crippen molar-refractivity contribution in [2.75, 3.05) is 49.5 Å². The number of nitrogens with zero attached hydrogens (tertiary/aromatic N) is 6. The molecule has 0 bridgehead atoms. The van der Waals surface area contributed by atoms with Crippen LogP contribution in [0.25, 0.3) is 21.9 Å². The predicted octanol–water partition coefficient (Wildman–Crippen LogP) is 4.95. The minimum absolute atomic E-state index is 0. The van der Waals surface area contributed by atoms with Crippen LogP contribution in [0.4, 0.5) is 11.6 Å². The molecule has 2 N–H and O–H groups in total. The van der Waals surface area contributed by atoms with Crippen LogP contribution in [0.15, 0.2) is 42.9 Å². The Hall–Kier alpha value is -2.17. The van der Waals surface area contributed by atoms with Crippen LogP contribution in [0.2, 0.25) is 0 Å². The molecule has 0 unspecified atom stereocenters. The van der Waals surface area contributed by atoms with E-state index in [0.717, 1.165) is 90.6 Å². The Bertz CT molecular complexity index is 1270. The number of aromatic amines is 1. The van der Waals surface area contributed by atoms with Crippen molar-refractivity contribution >= 4 is 83.0 Å². The third-order valence-corrected chi connectivity index (χ3v) is 6.46. The van der Waals surface area contributed by atoms with Gasteiger partial charge < -0.3 is 19.8 Å². The maximum atomic E-state index is 5.45. The lowest BCUT2D eigenvalue weighted by atomic mass is 10.2. The molecule has 1 aliphatic rings. The van der Waals surface area contributed by atoms with Crippen molar-refractivity contribution in [3.05, 3.63) is 47.6 Å². The maximum absolute atomic E-state index is 5.45. The van der Waals surface area contributed by atoms with Crippen LogP contribution in [0, 0.1) is 4.77 Å². The lowest BCUT2D eigenvalue weighted by Gasteiger charge is -2.35. The fourth-order valence-electron chi connectivity index (χ4n) is 4.41. The van der Waals surface area contributed by atoms with E-state index in [4.69, 9.17) is 12.2 Å². The van der Waals surface area contributed by atoms with Crippen LogP contribution in [0.3, 0.4) is 0 Å². The zero-order valence-electron chi connectivity index (χ0n) is 19.5. The molecule has 1 aromatic carbocycles. The minimum Gasteiger partial charge on any atom is -0.369 e. The Balaban J connectivity index is 0.00000144. The first-order valence-electron chi connectivity index (χ1n) is 11.2. The van der Waals surface area contributed by atoms with Gasteiger partial charge in [-0.15, -0.1) is 37.2 Å². The Labute approximate surface area is 228 Å². The fraction of sp³-hybridized carbons (Fsp3) is 0.391. The number of piperazine rings is 1. The van der Waals surface area contributed by atoms with E-state index < -0.39 is 0 Å². The molecule has 0 radical (unpaired) electrons. The van der Waals surface area contributed by atoms with Gasteiger partial charge in [0.2, 0.25) is 0 Å². The van der Waals surface area contributed by atoms with Gasteiger partial charge in [-0.3, -0.25) is 4.90 Å². The summed E-state index contributed by atoms with van der Waals surface area (Å²) in [4.78, 5) is 21.6. The number of aromatic nitrogens is 5. The van der Waals surface area contributed by atoms with Gasteiger partial charge in [0.15, 0.2) is 4.77 Å². The second-order valence-electron chi connectivity index (χ2n) is 8.08. The summed E-state index contributed by atoms with van der Waals surface area (Å²) in [6, 6.07) is 10.3. The molecule has 3 aromatic heterocycles. The number of fused-ring (bicyclic) bond motifs is 2. The molecule has 0 saturated carbocycles. The van der Waals surface area contributed by atoms with Gasteiger partial charge >= 0.3 is 0 Å². The number of rotatable bonds is 7. The summed E-state index contributed by atoms with van der Waals surface area (Å²) in [5, 5.41) is 4.53. The van der Waals surface area contributed by atoms with Gasteiger partial charge in [-0.2, -0.15) is 0 Å². The first kappa shape index (κ1) is 29.1. The topological polar surface area (TPSA) is 77.9 Å². The Morgan fingerprint density at radius 3 is 2.54 bits per heavy atom. The van der Waals surface area contributed by atoms with Crippen LogP contribution >= 0.6 is 49.4 Å². The quantitative estimate of drug-likeness (QED) is 0.246. The Morgan fingerprint density at radius 1 is 1.03 bits per heavy atom. The van der Waals surface area contributed by atoms with Gasteiger partial charge in [0.25, 0.3) is 0 Å². The molecule has 1 saturated heterocycles. The number of benzene rings is 1. The highest BCUT2D eigenvalue weighted by Crippen LogP contribution is 2.25. The first-order valence-corrected chi connectivity index (χ1v) is 11.6. The molecule has 0 atom stereocenters. The van der Waals surface area contributed by atoms with Gasteiger partial charge in [-0.1, -0.05) is 6.07 Å². The SMILES string of the molecule is CCn1c(=S)[nH]c2cc3c(NCCCN4CCN(c5ccccn5)CC4)ncnc3cc21.Cl.Cl.Cl. The highest BCUT2D eigenvalue weighted by molar-refractivity contribution is 7.71. The second kappa shape index (κ2) is 13.2. The number of halogens is 3. The van der Waals surface area contributed by atoms with Crippen molar-refractivity contribution in [2.24, 2.45) is 0 Å². The highest BCUT2D eigenvalue weighted by atomic mass is 35.5. The monoisotopic (exact) mass is 556 g/mol. The van der Waals surface area contributed by atoms with Crippen LogP contribution in [0.5, 0.6) is 0 Å². The van der Waals surface area contributed by atoms with Gasteiger partial charge in [-0.05, 0) is 56.4 Å². The second-order valence-corrected chi connectivity index (χ2v) is 8.47. The maximum Gasteiger partial charge on any atom is 0.178 e. The average molecular weight is 558 g/mol. The molecule has 0 spiro atoms. The van der Waals surface area contributed by atoms with E-state index in [1.54, 1.807) is 6.33 Å². The zero-order chi connectivity index (χ0) is 21.9. The number of pyridine rings is 1. The standard InChI is InChI=1S/C23H28N8S.3ClH/c1-2-31-20-15-18-17(14-19(20)28-23(31)32)22(27-16-26-18)25-8-5-9-29-10-12-30(13-11-29)21-6-3-4-7-24-21;;;/h3-4,6-7,14-16H,2,5,8-13H2,1H3,(H,28,32)(H,25,26,27);3*1H. The van der Waals surface area contributed by atoms with Crippen LogP contribution < -0.4 is 10.2 Å². The molecular formula is C23H31Cl3N8S. The molecule has 8 nitrogen and oxygen atoms in total. The Kier molecular flexibility index (Phi) is 11.0. The molecule has 4 aromatic rings. The molecule has 4 heterocycles. The Morgan fingerprint density at radius 2 is 1.83 bits per heavy atom. The van der Waals surface area contributed by atoms with E-state index >= 15 is 0 Å². The van der Waals surface area contributed by atoms with Crippen molar-refractivity contribution in [1.29, 1.82) is 0 Å². The average Bonchev–Trinajstić information content (AvgIpc) is 3.15. The summed E-state index contributed by atoms with van der Waals surface area (Å²) in [6.07, 6.45) is 4.56. The lowest BCUT2D eigenvalue weighted by Crippen LogP contribution is -2.47. The number of hydrogen-bond acceptors (Lipinski definition) is 7. The third kappa shape index (κ3) is 6.34. The third-order valence-electron chi connectivity index (χ3n) is 6.14. The van der Waals surface area contributed by atoms with E-state index in [2.05, 4.69) is 70.8 Å². The van der Waals surface area contributed by atoms with Gasteiger partial charge in [-0.25, -0.2) is 15.0 Å². The van der Waals surface area contributed by atoms with Crippen molar-refractivity contribution in [2.45, 2.75) is 19.9 Å². The van der Waals surface area contributed by atoms with Crippen molar-refractivity contribution in [1.82, 2.24) is 29.4 Å². The van der Waals surface area contributed by atoms with Crippen LogP contribution in [-0.4, -0.2) is 68.7 Å². The largest absolute Gasteiger partial charge is 0.369 e. The number of anilines is 2. The summed E-state index contributed by atoms with van der Waals surface area (Å²) in [6.45, 7) is 9.05. The molecule has 0 amide bonds. The first-order chi connectivity index (χ1) is 15.7. The van der Waals surface area contributed by atoms with E-state index in [9.17, 15) is 0 Å². The summed E-state index contributed by atoms with van der Waals surface area (Å²) >= 11 is 5.45. The zero-order valence-corrected chi connectivity index (χ0v) is 22.8. The minimum atomic E-state index is 0. The van der Waals surface area contributed by atoms with Crippen molar-refractivity contribution in [3.8, 4) is 0 Å². The number of imidazole rings is 1. The normalized spacial score (nSPS) is 13.7. The van der Waals surface area contributed by atoms with Crippen molar-refractivity contribution in [3.63, 3.8) is 0 Å². The molecule has 1 fully saturated rings. The van der Waals surface area contributed by atoms with Gasteiger partial charge in [0.1, 0.15) is 18.0 Å².